The molecule has 1 aromatic heterocycles. The Labute approximate surface area is 114 Å². The molecule has 0 spiro atoms. The van der Waals surface area contributed by atoms with Crippen LogP contribution >= 0.6 is 0 Å². The van der Waals surface area contributed by atoms with Crippen molar-refractivity contribution in [2.24, 2.45) is 0 Å². The third-order valence-electron chi connectivity index (χ3n) is 4.26. The second-order valence-corrected chi connectivity index (χ2v) is 5.37. The summed E-state index contributed by atoms with van der Waals surface area (Å²) in [4.78, 5) is 7.92. The minimum absolute atomic E-state index is 0.464. The van der Waals surface area contributed by atoms with Crippen LogP contribution in [0, 0.1) is 13.1 Å². The van der Waals surface area contributed by atoms with Crippen molar-refractivity contribution in [2.45, 2.75) is 32.7 Å². The van der Waals surface area contributed by atoms with Gasteiger partial charge in [0.15, 0.2) is 0 Å². The molecule has 1 atom stereocenters. The second-order valence-electron chi connectivity index (χ2n) is 5.37. The Kier molecular flexibility index (Phi) is 3.23. The zero-order chi connectivity index (χ0) is 13.4. The highest BCUT2D eigenvalue weighted by atomic mass is 16.6. The minimum atomic E-state index is 0.464. The molecule has 3 rings (SSSR count). The van der Waals surface area contributed by atoms with Crippen LogP contribution < -0.4 is 4.84 Å². The highest BCUT2D eigenvalue weighted by molar-refractivity contribution is 5.87. The van der Waals surface area contributed by atoms with Crippen LogP contribution in [0.4, 0.5) is 0 Å². The normalized spacial score (nSPS) is 18.1. The van der Waals surface area contributed by atoms with E-state index in [0.717, 1.165) is 5.52 Å². The maximum absolute atomic E-state index is 5.36. The summed E-state index contributed by atoms with van der Waals surface area (Å²) in [5.41, 5.74) is 3.67. The quantitative estimate of drug-likeness (QED) is 0.841. The lowest BCUT2D eigenvalue weighted by Crippen LogP contribution is -2.23. The molecule has 3 nitrogen and oxygen atoms in total. The highest BCUT2D eigenvalue weighted by Gasteiger charge is 2.22. The van der Waals surface area contributed by atoms with E-state index in [1.54, 1.807) is 11.8 Å². The van der Waals surface area contributed by atoms with Crippen LogP contribution in [0.3, 0.4) is 0 Å². The van der Waals surface area contributed by atoms with Gasteiger partial charge in [0.05, 0.1) is 5.52 Å². The van der Waals surface area contributed by atoms with Crippen molar-refractivity contribution in [3.05, 3.63) is 35.5 Å². The molecule has 3 heteroatoms. The number of aryl methyl sites for hydroxylation is 1. The SMILES string of the molecule is COn1[c]c(C)c2c(C(C)N3CCCC3)cccc21. The number of fused-ring (bicyclic) bond motifs is 1. The van der Waals surface area contributed by atoms with Crippen LogP contribution in [0.2, 0.25) is 0 Å². The molecule has 1 fully saturated rings. The third kappa shape index (κ3) is 2.02. The van der Waals surface area contributed by atoms with Gasteiger partial charge in [0.25, 0.3) is 0 Å². The molecule has 0 saturated carbocycles. The van der Waals surface area contributed by atoms with Gasteiger partial charge in [-0.2, -0.15) is 4.73 Å². The number of hydrogen-bond acceptors (Lipinski definition) is 2. The molecule has 0 aliphatic carbocycles. The number of benzene rings is 1. The largest absolute Gasteiger partial charge is 0.416 e. The lowest BCUT2D eigenvalue weighted by atomic mass is 10.0. The van der Waals surface area contributed by atoms with Gasteiger partial charge < -0.3 is 4.84 Å². The zero-order valence-corrected chi connectivity index (χ0v) is 11.9. The third-order valence-corrected chi connectivity index (χ3v) is 4.26. The van der Waals surface area contributed by atoms with Crippen LogP contribution in [0.1, 0.15) is 36.9 Å². The van der Waals surface area contributed by atoms with Gasteiger partial charge in [-0.3, -0.25) is 4.90 Å². The van der Waals surface area contributed by atoms with Gasteiger partial charge in [0, 0.05) is 11.4 Å². The van der Waals surface area contributed by atoms with E-state index in [2.05, 4.69) is 43.1 Å². The van der Waals surface area contributed by atoms with Crippen molar-refractivity contribution in [1.29, 1.82) is 0 Å². The molecule has 1 radical (unpaired) electrons. The fraction of sp³-hybridized carbons (Fsp3) is 0.500. The summed E-state index contributed by atoms with van der Waals surface area (Å²) in [6.07, 6.45) is 5.91. The summed E-state index contributed by atoms with van der Waals surface area (Å²) >= 11 is 0. The van der Waals surface area contributed by atoms with E-state index < -0.39 is 0 Å². The molecule has 1 aliphatic heterocycles. The van der Waals surface area contributed by atoms with Crippen LogP contribution in [0.5, 0.6) is 0 Å². The summed E-state index contributed by atoms with van der Waals surface area (Å²) in [6, 6.07) is 6.92. The molecule has 0 amide bonds. The molecule has 0 bridgehead atoms. The smallest absolute Gasteiger partial charge is 0.111 e. The predicted octanol–water partition coefficient (Wildman–Crippen LogP) is 2.97. The van der Waals surface area contributed by atoms with E-state index in [9.17, 15) is 0 Å². The fourth-order valence-electron chi connectivity index (χ4n) is 3.22. The minimum Gasteiger partial charge on any atom is -0.416 e. The monoisotopic (exact) mass is 257 g/mol. The summed E-state index contributed by atoms with van der Waals surface area (Å²) in [6.45, 7) is 6.85. The van der Waals surface area contributed by atoms with Crippen molar-refractivity contribution >= 4 is 10.9 Å². The Bertz CT molecular complexity index is 582. The molecule has 2 heterocycles. The molecular weight excluding hydrogens is 236 g/mol. The van der Waals surface area contributed by atoms with Crippen LogP contribution in [-0.4, -0.2) is 29.8 Å². The van der Waals surface area contributed by atoms with Crippen LogP contribution in [-0.2, 0) is 0 Å². The molecule has 101 valence electrons. The van der Waals surface area contributed by atoms with Gasteiger partial charge in [-0.05, 0) is 57.0 Å². The van der Waals surface area contributed by atoms with Gasteiger partial charge in [0.2, 0.25) is 0 Å². The number of nitrogens with zero attached hydrogens (tertiary/aromatic N) is 2. The van der Waals surface area contributed by atoms with Gasteiger partial charge >= 0.3 is 0 Å². The first kappa shape index (κ1) is 12.5. The fourth-order valence-corrected chi connectivity index (χ4v) is 3.22. The molecule has 1 aromatic carbocycles. The Hall–Kier alpha value is -1.48. The van der Waals surface area contributed by atoms with Crippen molar-refractivity contribution < 1.29 is 4.84 Å². The molecule has 0 N–H and O–H groups in total. The van der Waals surface area contributed by atoms with E-state index in [0.29, 0.717) is 6.04 Å². The Balaban J connectivity index is 2.10. The zero-order valence-electron chi connectivity index (χ0n) is 11.9. The average Bonchev–Trinajstić information content (AvgIpc) is 3.06. The van der Waals surface area contributed by atoms with E-state index in [4.69, 9.17) is 4.84 Å². The van der Waals surface area contributed by atoms with Crippen molar-refractivity contribution in [1.82, 2.24) is 9.63 Å². The first-order valence-electron chi connectivity index (χ1n) is 7.04. The molecule has 2 aromatic rings. The number of likely N-dealkylation sites (tertiary alicyclic amines) is 1. The number of rotatable bonds is 3. The highest BCUT2D eigenvalue weighted by Crippen LogP contribution is 2.32. The van der Waals surface area contributed by atoms with E-state index in [1.165, 1.54) is 42.4 Å². The molecule has 1 unspecified atom stereocenters. The summed E-state index contributed by atoms with van der Waals surface area (Å²) in [5, 5.41) is 1.30. The number of aromatic nitrogens is 1. The summed E-state index contributed by atoms with van der Waals surface area (Å²) in [7, 11) is 1.69. The van der Waals surface area contributed by atoms with Crippen molar-refractivity contribution in [3.63, 3.8) is 0 Å². The molecule has 1 aliphatic rings. The van der Waals surface area contributed by atoms with Gasteiger partial charge in [-0.1, -0.05) is 12.1 Å². The van der Waals surface area contributed by atoms with Crippen molar-refractivity contribution in [3.8, 4) is 0 Å². The molecular formula is C16H21N2O. The Morgan fingerprint density at radius 2 is 2.00 bits per heavy atom. The predicted molar refractivity (Wildman–Crippen MR) is 77.2 cm³/mol. The van der Waals surface area contributed by atoms with E-state index >= 15 is 0 Å². The maximum atomic E-state index is 5.36. The summed E-state index contributed by atoms with van der Waals surface area (Å²) in [5.74, 6) is 0. The maximum Gasteiger partial charge on any atom is 0.111 e. The molecule has 19 heavy (non-hydrogen) atoms. The Morgan fingerprint density at radius 1 is 1.26 bits per heavy atom. The lowest BCUT2D eigenvalue weighted by Gasteiger charge is -2.25. The van der Waals surface area contributed by atoms with Crippen LogP contribution in [0.15, 0.2) is 18.2 Å². The first-order chi connectivity index (χ1) is 9.22. The standard InChI is InChI=1S/C16H21N2O/c1-12-11-18(19-3)15-8-6-7-14(16(12)15)13(2)17-9-4-5-10-17/h6-8,13H,4-5,9-10H2,1-3H3. The van der Waals surface area contributed by atoms with Crippen molar-refractivity contribution in [2.75, 3.05) is 20.2 Å². The Morgan fingerprint density at radius 3 is 2.68 bits per heavy atom. The van der Waals surface area contributed by atoms with Gasteiger partial charge in [-0.15, -0.1) is 0 Å². The van der Waals surface area contributed by atoms with Crippen LogP contribution in [0.25, 0.3) is 10.9 Å². The second kappa shape index (κ2) is 4.89. The first-order valence-corrected chi connectivity index (χ1v) is 7.04. The summed E-state index contributed by atoms with van der Waals surface area (Å²) < 4.78 is 1.74. The average molecular weight is 257 g/mol. The topological polar surface area (TPSA) is 17.4 Å². The lowest BCUT2D eigenvalue weighted by molar-refractivity contribution is 0.177. The van der Waals surface area contributed by atoms with E-state index in [-0.39, 0.29) is 0 Å². The van der Waals surface area contributed by atoms with E-state index in [1.807, 2.05) is 0 Å². The number of hydrogen-bond donors (Lipinski definition) is 0. The van der Waals surface area contributed by atoms with Gasteiger partial charge in [0.1, 0.15) is 13.3 Å². The van der Waals surface area contributed by atoms with Gasteiger partial charge in [-0.25, -0.2) is 0 Å². The molecule has 1 saturated heterocycles.